The number of nitrogens with one attached hydrogen (secondary N) is 1. The van der Waals surface area contributed by atoms with E-state index in [1.54, 1.807) is 0 Å². The smallest absolute Gasteiger partial charge is 0.0850 e. The van der Waals surface area contributed by atoms with Gasteiger partial charge in [-0.15, -0.1) is 12.6 Å². The van der Waals surface area contributed by atoms with E-state index in [9.17, 15) is 0 Å². The largest absolute Gasteiger partial charge is 0.675 e. The zero-order chi connectivity index (χ0) is 14.5. The lowest BCUT2D eigenvalue weighted by atomic mass is 9.98. The zero-order valence-electron chi connectivity index (χ0n) is 13.0. The molecule has 0 aliphatic heterocycles. The minimum Gasteiger partial charge on any atom is -0.675 e. The molecule has 0 aromatic heterocycles. The second-order valence-corrected chi connectivity index (χ2v) is 5.63. The molecule has 3 nitrogen and oxygen atoms in total. The van der Waals surface area contributed by atoms with Crippen LogP contribution in [0.2, 0.25) is 0 Å². The Morgan fingerprint density at radius 3 is 2.47 bits per heavy atom. The molecule has 0 saturated carbocycles. The molecule has 0 saturated heterocycles. The minimum absolute atomic E-state index is 0.0705. The molecule has 0 bridgehead atoms. The van der Waals surface area contributed by atoms with Gasteiger partial charge in [-0.2, -0.15) is 0 Å². The van der Waals surface area contributed by atoms with Crippen molar-refractivity contribution in [2.75, 3.05) is 13.2 Å². The van der Waals surface area contributed by atoms with Crippen molar-refractivity contribution >= 4 is 0 Å². The van der Waals surface area contributed by atoms with Crippen molar-refractivity contribution in [3.63, 3.8) is 0 Å². The highest BCUT2D eigenvalue weighted by atomic mass is 17.2. The molecule has 1 N–H and O–H groups in total. The van der Waals surface area contributed by atoms with Crippen LogP contribution in [0.4, 0.5) is 0 Å². The fourth-order valence-electron chi connectivity index (χ4n) is 1.87. The van der Waals surface area contributed by atoms with Crippen molar-refractivity contribution in [3.8, 4) is 0 Å². The van der Waals surface area contributed by atoms with Crippen LogP contribution in [-0.2, 0) is 9.78 Å². The number of rotatable bonds is 13. The van der Waals surface area contributed by atoms with Gasteiger partial charge in [0.1, 0.15) is 0 Å². The first-order chi connectivity index (χ1) is 9.06. The maximum Gasteiger partial charge on any atom is 0.0850 e. The van der Waals surface area contributed by atoms with Gasteiger partial charge in [0.15, 0.2) is 0 Å². The van der Waals surface area contributed by atoms with E-state index in [-0.39, 0.29) is 6.04 Å². The monoisotopic (exact) mass is 270 g/mol. The van der Waals surface area contributed by atoms with E-state index in [0.29, 0.717) is 19.1 Å². The molecule has 0 rings (SSSR count). The van der Waals surface area contributed by atoms with E-state index in [0.717, 1.165) is 19.3 Å². The van der Waals surface area contributed by atoms with Crippen LogP contribution in [-0.4, -0.2) is 19.3 Å². The fourth-order valence-corrected chi connectivity index (χ4v) is 1.87. The van der Waals surface area contributed by atoms with Gasteiger partial charge in [-0.25, -0.2) is 9.78 Å². The number of hydrogen-bond donors (Lipinski definition) is 0. The normalized spacial score (nSPS) is 14.3. The van der Waals surface area contributed by atoms with Gasteiger partial charge in [-0.3, -0.25) is 0 Å². The van der Waals surface area contributed by atoms with E-state index >= 15 is 0 Å². The highest BCUT2D eigenvalue weighted by Crippen LogP contribution is 2.16. The molecule has 0 heterocycles. The topological polar surface area (TPSA) is 42.3 Å². The van der Waals surface area contributed by atoms with Gasteiger partial charge < -0.3 is 5.73 Å². The molecular formula is C16H32NO2-. The van der Waals surface area contributed by atoms with Gasteiger partial charge >= 0.3 is 0 Å². The Bertz CT molecular complexity index is 217. The highest BCUT2D eigenvalue weighted by Gasteiger charge is 2.07. The van der Waals surface area contributed by atoms with Crippen LogP contribution >= 0.6 is 0 Å². The molecular weight excluding hydrogens is 238 g/mol. The lowest BCUT2D eigenvalue weighted by Gasteiger charge is -2.16. The van der Waals surface area contributed by atoms with Crippen molar-refractivity contribution in [2.45, 2.75) is 71.8 Å². The van der Waals surface area contributed by atoms with E-state index in [4.69, 9.17) is 15.5 Å². The summed E-state index contributed by atoms with van der Waals surface area (Å²) in [6, 6.07) is -0.0705. The Balaban J connectivity index is 3.42. The van der Waals surface area contributed by atoms with Crippen molar-refractivity contribution < 1.29 is 9.78 Å². The lowest BCUT2D eigenvalue weighted by molar-refractivity contribution is -0.302. The van der Waals surface area contributed by atoms with Crippen LogP contribution in [0, 0.1) is 5.92 Å². The van der Waals surface area contributed by atoms with Gasteiger partial charge in [0.05, 0.1) is 13.2 Å². The summed E-state index contributed by atoms with van der Waals surface area (Å²) in [6.07, 6.45) is 8.03. The Morgan fingerprint density at radius 2 is 1.89 bits per heavy atom. The fraction of sp³-hybridized carbons (Fsp3) is 0.875. The molecule has 0 aliphatic carbocycles. The zero-order valence-corrected chi connectivity index (χ0v) is 13.0. The standard InChI is InChI=1S/C16H32NO2/c1-5-16(10-8-6-7-9-14(2)3)13-19-18-12-11-15(4)17/h15-17H,2,5-13H2,1,3-4H3/q-1. The third kappa shape index (κ3) is 13.8. The van der Waals surface area contributed by atoms with E-state index < -0.39 is 0 Å². The van der Waals surface area contributed by atoms with Crippen molar-refractivity contribution in [2.24, 2.45) is 5.92 Å². The Morgan fingerprint density at radius 1 is 1.16 bits per heavy atom. The molecule has 2 atom stereocenters. The Hall–Kier alpha value is -0.380. The van der Waals surface area contributed by atoms with Crippen molar-refractivity contribution in [1.82, 2.24) is 0 Å². The molecule has 0 aliphatic rings. The summed E-state index contributed by atoms with van der Waals surface area (Å²) < 4.78 is 0. The van der Waals surface area contributed by atoms with Crippen molar-refractivity contribution in [1.29, 1.82) is 0 Å². The third-order valence-corrected chi connectivity index (χ3v) is 3.31. The van der Waals surface area contributed by atoms with Gasteiger partial charge in [-0.1, -0.05) is 38.7 Å². The number of hydrogen-bond acceptors (Lipinski definition) is 2. The summed E-state index contributed by atoms with van der Waals surface area (Å²) in [4.78, 5) is 10.3. The van der Waals surface area contributed by atoms with Crippen LogP contribution in [0.15, 0.2) is 12.2 Å². The van der Waals surface area contributed by atoms with E-state index in [1.807, 2.05) is 6.92 Å². The SMILES string of the molecule is C=C(C)CCCCCC(CC)COOCCC(C)[NH-]. The third-order valence-electron chi connectivity index (χ3n) is 3.31. The van der Waals surface area contributed by atoms with Gasteiger partial charge in [0.25, 0.3) is 0 Å². The molecule has 19 heavy (non-hydrogen) atoms. The first-order valence-electron chi connectivity index (χ1n) is 7.66. The van der Waals surface area contributed by atoms with E-state index in [2.05, 4.69) is 20.4 Å². The first-order valence-corrected chi connectivity index (χ1v) is 7.66. The van der Waals surface area contributed by atoms with Crippen LogP contribution in [0.1, 0.15) is 65.7 Å². The molecule has 3 heteroatoms. The highest BCUT2D eigenvalue weighted by molar-refractivity contribution is 4.87. The average molecular weight is 270 g/mol. The maximum atomic E-state index is 7.35. The molecule has 0 aromatic rings. The predicted molar refractivity (Wildman–Crippen MR) is 82.0 cm³/mol. The predicted octanol–water partition coefficient (Wildman–Crippen LogP) is 5.32. The molecule has 0 fully saturated rings. The summed E-state index contributed by atoms with van der Waals surface area (Å²) >= 11 is 0. The van der Waals surface area contributed by atoms with Gasteiger partial charge in [0, 0.05) is 0 Å². The quantitative estimate of drug-likeness (QED) is 0.197. The summed E-state index contributed by atoms with van der Waals surface area (Å²) in [5, 5.41) is 0. The Kier molecular flexibility index (Phi) is 12.4. The van der Waals surface area contributed by atoms with Crippen LogP contribution in [0.3, 0.4) is 0 Å². The molecule has 0 amide bonds. The maximum absolute atomic E-state index is 7.35. The summed E-state index contributed by atoms with van der Waals surface area (Å²) in [5.41, 5.74) is 8.64. The summed E-state index contributed by atoms with van der Waals surface area (Å²) in [7, 11) is 0. The van der Waals surface area contributed by atoms with Crippen molar-refractivity contribution in [3.05, 3.63) is 17.9 Å². The molecule has 0 radical (unpaired) electrons. The van der Waals surface area contributed by atoms with Gasteiger partial charge in [0.2, 0.25) is 0 Å². The Labute approximate surface area is 119 Å². The molecule has 114 valence electrons. The summed E-state index contributed by atoms with van der Waals surface area (Å²) in [6.45, 7) is 11.3. The minimum atomic E-state index is -0.0705. The number of unbranched alkanes of at least 4 members (excludes halogenated alkanes) is 2. The second kappa shape index (κ2) is 12.6. The van der Waals surface area contributed by atoms with E-state index in [1.165, 1.54) is 31.3 Å². The second-order valence-electron chi connectivity index (χ2n) is 5.63. The molecule has 0 aromatic carbocycles. The molecule has 0 spiro atoms. The first kappa shape index (κ1) is 18.6. The summed E-state index contributed by atoms with van der Waals surface area (Å²) in [5.74, 6) is 0.596. The van der Waals surface area contributed by atoms with Gasteiger partial charge in [-0.05, 0) is 38.5 Å². The average Bonchev–Trinajstić information content (AvgIpc) is 2.34. The van der Waals surface area contributed by atoms with Crippen LogP contribution < -0.4 is 0 Å². The molecule has 2 unspecified atom stereocenters. The number of allylic oxidation sites excluding steroid dienone is 1. The van der Waals surface area contributed by atoms with Crippen LogP contribution in [0.25, 0.3) is 5.73 Å². The lowest BCUT2D eigenvalue weighted by Crippen LogP contribution is -2.11. The van der Waals surface area contributed by atoms with Crippen LogP contribution in [0.5, 0.6) is 0 Å².